The predicted molar refractivity (Wildman–Crippen MR) is 148 cm³/mol. The summed E-state index contributed by atoms with van der Waals surface area (Å²) in [6, 6.07) is 7.82. The SMILES string of the molecule is COc1ccc(C)cc1.C[C@@H](NC(=O)c1ccno1)C(=O)NCC(=O)N[C@@H](CC1CCCC1)C(=O)[C@@]1(C)CO1.[HH].[HH].[HH]. The van der Waals surface area contributed by atoms with Crippen LogP contribution in [0.4, 0.5) is 0 Å². The molecule has 0 unspecified atom stereocenters. The standard InChI is InChI=1S/C20H28N4O6.C8H10O.3H2/c1-12(23-19(28)15-7-8-22-30-15)18(27)21-10-16(25)24-14(9-13-5-3-4-6-13)17(26)20(2)11-29-20;1-7-3-5-8(9-2)6-4-7;;;/h7-8,12-14H,3-6,9-11H2,1-2H3,(H,21,27)(H,23,28)(H,24,25);3-6H,1-2H3;3*1H/t12-,14+,20-;;;;/m1..../s1. The first-order valence-corrected chi connectivity index (χ1v) is 13.2. The first kappa shape index (κ1) is 29.8. The molecule has 39 heavy (non-hydrogen) atoms. The number of ketones is 1. The number of rotatable bonds is 11. The van der Waals surface area contributed by atoms with Crippen LogP contribution in [0.3, 0.4) is 0 Å². The predicted octanol–water partition coefficient (Wildman–Crippen LogP) is 3.07. The van der Waals surface area contributed by atoms with Gasteiger partial charge in [-0.15, -0.1) is 0 Å². The van der Waals surface area contributed by atoms with Crippen LogP contribution >= 0.6 is 0 Å². The number of benzene rings is 1. The zero-order valence-corrected chi connectivity index (χ0v) is 23.0. The molecule has 2 fully saturated rings. The van der Waals surface area contributed by atoms with Crippen molar-refractivity contribution in [3.63, 3.8) is 0 Å². The Labute approximate surface area is 232 Å². The monoisotopic (exact) mass is 548 g/mol. The minimum absolute atomic E-state index is 0. The number of Topliss-reactive ketones (excluding diaryl/α,β-unsaturated/α-hetero) is 1. The Morgan fingerprint density at radius 3 is 2.36 bits per heavy atom. The Balaban J connectivity index is 0.00000121. The third-order valence-electron chi connectivity index (χ3n) is 6.88. The Morgan fingerprint density at radius 2 is 1.79 bits per heavy atom. The number of aryl methyl sites for hydroxylation is 1. The van der Waals surface area contributed by atoms with Gasteiger partial charge in [0.1, 0.15) is 17.4 Å². The number of methoxy groups -OCH3 is 1. The molecule has 2 heterocycles. The van der Waals surface area contributed by atoms with E-state index in [1.807, 2.05) is 24.3 Å². The highest BCUT2D eigenvalue weighted by molar-refractivity contribution is 5.98. The summed E-state index contributed by atoms with van der Waals surface area (Å²) in [6.45, 7) is 5.33. The lowest BCUT2D eigenvalue weighted by molar-refractivity contribution is -0.131. The van der Waals surface area contributed by atoms with Crippen LogP contribution < -0.4 is 20.7 Å². The molecule has 1 aromatic carbocycles. The fourth-order valence-corrected chi connectivity index (χ4v) is 4.34. The molecule has 3 N–H and O–H groups in total. The number of ether oxygens (including phenoxy) is 2. The van der Waals surface area contributed by atoms with Gasteiger partial charge in [-0.25, -0.2) is 0 Å². The molecule has 1 saturated carbocycles. The summed E-state index contributed by atoms with van der Waals surface area (Å²) >= 11 is 0. The van der Waals surface area contributed by atoms with Crippen molar-refractivity contribution in [2.45, 2.75) is 70.6 Å². The van der Waals surface area contributed by atoms with Gasteiger partial charge in [-0.3, -0.25) is 19.2 Å². The second-order valence-electron chi connectivity index (χ2n) is 10.2. The average molecular weight is 549 g/mol. The summed E-state index contributed by atoms with van der Waals surface area (Å²) in [4.78, 5) is 49.2. The molecule has 218 valence electrons. The molecule has 0 radical (unpaired) electrons. The first-order chi connectivity index (χ1) is 18.6. The van der Waals surface area contributed by atoms with E-state index in [1.54, 1.807) is 14.0 Å². The molecule has 1 aliphatic carbocycles. The van der Waals surface area contributed by atoms with Crippen molar-refractivity contribution in [3.8, 4) is 5.75 Å². The van der Waals surface area contributed by atoms with Crippen LogP contribution in [0.5, 0.6) is 5.75 Å². The molecular weight excluding hydrogens is 504 g/mol. The van der Waals surface area contributed by atoms with Crippen molar-refractivity contribution in [3.05, 3.63) is 47.9 Å². The molecule has 11 heteroatoms. The zero-order chi connectivity index (χ0) is 28.4. The number of carbonyl (C=O) groups is 4. The van der Waals surface area contributed by atoms with Gasteiger partial charge in [-0.05, 0) is 45.2 Å². The molecule has 1 aliphatic heterocycles. The van der Waals surface area contributed by atoms with Crippen LogP contribution in [0.2, 0.25) is 0 Å². The van der Waals surface area contributed by atoms with Gasteiger partial charge in [0.15, 0.2) is 5.78 Å². The summed E-state index contributed by atoms with van der Waals surface area (Å²) < 4.78 is 15.0. The quantitative estimate of drug-likeness (QED) is 0.362. The Morgan fingerprint density at radius 1 is 1.13 bits per heavy atom. The number of aromatic nitrogens is 1. The van der Waals surface area contributed by atoms with Gasteiger partial charge in [-0.2, -0.15) is 0 Å². The van der Waals surface area contributed by atoms with Gasteiger partial charge in [0.25, 0.3) is 5.91 Å². The maximum atomic E-state index is 12.7. The fraction of sp³-hybridized carbons (Fsp3) is 0.536. The van der Waals surface area contributed by atoms with Crippen molar-refractivity contribution in [2.75, 3.05) is 20.3 Å². The topological polar surface area (TPSA) is 152 Å². The molecule has 3 atom stereocenters. The summed E-state index contributed by atoms with van der Waals surface area (Å²) in [5.41, 5.74) is 0.440. The molecule has 0 bridgehead atoms. The van der Waals surface area contributed by atoms with Crippen molar-refractivity contribution >= 4 is 23.5 Å². The molecule has 1 aromatic heterocycles. The van der Waals surface area contributed by atoms with E-state index >= 15 is 0 Å². The second-order valence-corrected chi connectivity index (χ2v) is 10.2. The van der Waals surface area contributed by atoms with E-state index in [4.69, 9.17) is 14.0 Å². The Hall–Kier alpha value is -3.73. The van der Waals surface area contributed by atoms with Crippen LogP contribution in [0.15, 0.2) is 41.1 Å². The van der Waals surface area contributed by atoms with E-state index in [-0.39, 0.29) is 22.4 Å². The minimum atomic E-state index is -0.884. The second kappa shape index (κ2) is 13.9. The highest BCUT2D eigenvalue weighted by Crippen LogP contribution is 2.33. The van der Waals surface area contributed by atoms with Gasteiger partial charge in [-0.1, -0.05) is 48.5 Å². The van der Waals surface area contributed by atoms with E-state index < -0.39 is 35.4 Å². The molecular formula is C28H44N4O7. The smallest absolute Gasteiger partial charge is 0.290 e. The lowest BCUT2D eigenvalue weighted by Gasteiger charge is -2.23. The number of carbonyl (C=O) groups excluding carboxylic acids is 4. The van der Waals surface area contributed by atoms with Crippen LogP contribution in [0.1, 0.15) is 66.3 Å². The van der Waals surface area contributed by atoms with Crippen molar-refractivity contribution in [1.29, 1.82) is 0 Å². The van der Waals surface area contributed by atoms with Crippen molar-refractivity contribution in [1.82, 2.24) is 21.1 Å². The van der Waals surface area contributed by atoms with E-state index in [9.17, 15) is 19.2 Å². The maximum absolute atomic E-state index is 12.7. The zero-order valence-electron chi connectivity index (χ0n) is 23.0. The fourth-order valence-electron chi connectivity index (χ4n) is 4.34. The molecule has 2 aromatic rings. The molecule has 4 rings (SSSR count). The van der Waals surface area contributed by atoms with E-state index in [1.165, 1.54) is 24.8 Å². The third-order valence-corrected chi connectivity index (χ3v) is 6.88. The lowest BCUT2D eigenvalue weighted by atomic mass is 9.91. The lowest BCUT2D eigenvalue weighted by Crippen LogP contribution is -2.51. The van der Waals surface area contributed by atoms with Gasteiger partial charge in [0.05, 0.1) is 32.5 Å². The molecule has 1 saturated heterocycles. The van der Waals surface area contributed by atoms with Gasteiger partial charge in [0, 0.05) is 10.3 Å². The highest BCUT2D eigenvalue weighted by atomic mass is 16.6. The van der Waals surface area contributed by atoms with E-state index in [2.05, 4.69) is 28.0 Å². The largest absolute Gasteiger partial charge is 0.497 e. The first-order valence-electron chi connectivity index (χ1n) is 13.2. The number of hydrogen-bond acceptors (Lipinski definition) is 8. The third kappa shape index (κ3) is 9.20. The maximum Gasteiger partial charge on any atom is 0.290 e. The normalized spacial score (nSPS) is 19.6. The number of hydrogen-bond donors (Lipinski definition) is 3. The molecule has 3 amide bonds. The Bertz CT molecular complexity index is 1120. The van der Waals surface area contributed by atoms with E-state index in [0.29, 0.717) is 18.9 Å². The van der Waals surface area contributed by atoms with Crippen molar-refractivity contribution in [2.24, 2.45) is 5.92 Å². The molecule has 11 nitrogen and oxygen atoms in total. The number of amides is 3. The van der Waals surface area contributed by atoms with Crippen LogP contribution in [0, 0.1) is 12.8 Å². The van der Waals surface area contributed by atoms with Gasteiger partial charge >= 0.3 is 0 Å². The van der Waals surface area contributed by atoms with Crippen LogP contribution in [0.25, 0.3) is 0 Å². The van der Waals surface area contributed by atoms with E-state index in [0.717, 1.165) is 31.4 Å². The van der Waals surface area contributed by atoms with Gasteiger partial charge < -0.3 is 29.9 Å². The minimum Gasteiger partial charge on any atom is -0.497 e. The number of epoxide rings is 1. The molecule has 0 spiro atoms. The van der Waals surface area contributed by atoms with Crippen molar-refractivity contribution < 1.29 is 37.5 Å². The number of nitrogens with one attached hydrogen (secondary N) is 3. The summed E-state index contributed by atoms with van der Waals surface area (Å²) in [6.07, 6.45) is 6.29. The average Bonchev–Trinajstić information content (AvgIpc) is 3.32. The van der Waals surface area contributed by atoms with Crippen LogP contribution in [-0.2, 0) is 19.1 Å². The molecule has 2 aliphatic rings. The van der Waals surface area contributed by atoms with Gasteiger partial charge in [0.2, 0.25) is 17.6 Å². The van der Waals surface area contributed by atoms with Crippen LogP contribution in [-0.4, -0.2) is 66.6 Å². The number of nitrogens with zero attached hydrogens (tertiary/aromatic N) is 1. The highest BCUT2D eigenvalue weighted by Gasteiger charge is 2.50. The summed E-state index contributed by atoms with van der Waals surface area (Å²) in [7, 11) is 1.67. The summed E-state index contributed by atoms with van der Waals surface area (Å²) in [5, 5.41) is 11.1. The Kier molecular flexibility index (Phi) is 10.6. The summed E-state index contributed by atoms with van der Waals surface area (Å²) in [5.74, 6) is -0.396.